The van der Waals surface area contributed by atoms with Crippen molar-refractivity contribution in [2.45, 2.75) is 0 Å². The zero-order valence-electron chi connectivity index (χ0n) is 30.9. The average molecular weight is 743 g/mol. The van der Waals surface area contributed by atoms with Crippen LogP contribution < -0.4 is 0 Å². The Bertz CT molecular complexity index is 3490. The molecule has 0 aliphatic rings. The smallest absolute Gasteiger partial charge is 0.0634 e. The van der Waals surface area contributed by atoms with E-state index in [9.17, 15) is 0 Å². The van der Waals surface area contributed by atoms with Gasteiger partial charge in [0, 0.05) is 58.7 Å². The quantitative estimate of drug-likeness (QED) is 0.166. The van der Waals surface area contributed by atoms with Gasteiger partial charge in [-0.3, -0.25) is 0 Å². The highest BCUT2D eigenvalue weighted by Crippen LogP contribution is 2.48. The summed E-state index contributed by atoms with van der Waals surface area (Å²) in [5, 5.41) is 7.64. The molecule has 3 heterocycles. The molecule has 0 amide bonds. The summed E-state index contributed by atoms with van der Waals surface area (Å²) in [6.45, 7) is 0. The van der Waals surface area contributed by atoms with Crippen LogP contribution >= 0.6 is 11.3 Å². The van der Waals surface area contributed by atoms with Crippen LogP contribution in [0.1, 0.15) is 0 Å². The van der Waals surface area contributed by atoms with Crippen LogP contribution in [0.3, 0.4) is 0 Å². The Morgan fingerprint density at radius 1 is 0.316 bits per heavy atom. The summed E-state index contributed by atoms with van der Waals surface area (Å²) in [7, 11) is 0. The molecular formula is C54H34N2S. The van der Waals surface area contributed by atoms with E-state index in [4.69, 9.17) is 0 Å². The van der Waals surface area contributed by atoms with Gasteiger partial charge in [-0.1, -0.05) is 146 Å². The van der Waals surface area contributed by atoms with Crippen molar-refractivity contribution in [2.75, 3.05) is 0 Å². The highest BCUT2D eigenvalue weighted by Gasteiger charge is 2.22. The Morgan fingerprint density at radius 2 is 0.877 bits per heavy atom. The maximum atomic E-state index is 2.50. The van der Waals surface area contributed by atoms with Gasteiger partial charge in [0.2, 0.25) is 0 Å². The summed E-state index contributed by atoms with van der Waals surface area (Å²) < 4.78 is 7.53. The topological polar surface area (TPSA) is 9.86 Å². The first-order valence-electron chi connectivity index (χ1n) is 19.5. The van der Waals surface area contributed by atoms with E-state index in [1.807, 2.05) is 11.3 Å². The van der Waals surface area contributed by atoms with Crippen LogP contribution in [0, 0.1) is 0 Å². The molecule has 266 valence electrons. The molecular weight excluding hydrogens is 709 g/mol. The molecule has 0 N–H and O–H groups in total. The number of hydrogen-bond donors (Lipinski definition) is 0. The van der Waals surface area contributed by atoms with E-state index in [0.29, 0.717) is 0 Å². The van der Waals surface area contributed by atoms with Crippen LogP contribution in [0.5, 0.6) is 0 Å². The van der Waals surface area contributed by atoms with Gasteiger partial charge in [0.15, 0.2) is 0 Å². The van der Waals surface area contributed by atoms with Gasteiger partial charge in [-0.2, -0.15) is 0 Å². The minimum absolute atomic E-state index is 1.16. The van der Waals surface area contributed by atoms with E-state index in [2.05, 4.69) is 215 Å². The molecule has 0 atom stereocenters. The zero-order valence-corrected chi connectivity index (χ0v) is 31.7. The molecule has 0 aliphatic heterocycles. The highest BCUT2D eigenvalue weighted by molar-refractivity contribution is 7.26. The largest absolute Gasteiger partial charge is 0.309 e. The first kappa shape index (κ1) is 32.1. The lowest BCUT2D eigenvalue weighted by atomic mass is 9.97. The summed E-state index contributed by atoms with van der Waals surface area (Å²) in [6, 6.07) is 75.5. The molecule has 3 aromatic heterocycles. The lowest BCUT2D eigenvalue weighted by Crippen LogP contribution is -1.95. The van der Waals surface area contributed by atoms with Gasteiger partial charge in [-0.25, -0.2) is 0 Å². The van der Waals surface area contributed by atoms with Crippen LogP contribution in [0.2, 0.25) is 0 Å². The number of hydrogen-bond acceptors (Lipinski definition) is 1. The van der Waals surface area contributed by atoms with E-state index >= 15 is 0 Å². The minimum atomic E-state index is 1.16. The fraction of sp³-hybridized carbons (Fsp3) is 0. The van der Waals surface area contributed by atoms with Crippen molar-refractivity contribution >= 4 is 75.1 Å². The Morgan fingerprint density at radius 3 is 1.63 bits per heavy atom. The summed E-state index contributed by atoms with van der Waals surface area (Å²) in [5.74, 6) is 0. The Kier molecular flexibility index (Phi) is 7.13. The van der Waals surface area contributed by atoms with Gasteiger partial charge in [0.1, 0.15) is 0 Å². The molecule has 57 heavy (non-hydrogen) atoms. The molecule has 0 saturated heterocycles. The first-order valence-corrected chi connectivity index (χ1v) is 20.3. The molecule has 0 aliphatic carbocycles. The summed E-state index contributed by atoms with van der Waals surface area (Å²) >= 11 is 1.90. The molecule has 0 saturated carbocycles. The third kappa shape index (κ3) is 4.96. The number of aromatic nitrogens is 2. The van der Waals surface area contributed by atoms with Crippen molar-refractivity contribution < 1.29 is 0 Å². The Balaban J connectivity index is 1.11. The third-order valence-corrected chi connectivity index (χ3v) is 12.9. The van der Waals surface area contributed by atoms with Gasteiger partial charge in [-0.15, -0.1) is 11.3 Å². The van der Waals surface area contributed by atoms with E-state index in [1.165, 1.54) is 97.2 Å². The van der Waals surface area contributed by atoms with E-state index in [0.717, 1.165) is 11.4 Å². The molecule has 0 fully saturated rings. The third-order valence-electron chi connectivity index (χ3n) is 11.7. The fourth-order valence-corrected chi connectivity index (χ4v) is 10.4. The lowest BCUT2D eigenvalue weighted by molar-refractivity contribution is 1.18. The molecule has 0 spiro atoms. The van der Waals surface area contributed by atoms with Crippen LogP contribution in [0.15, 0.2) is 206 Å². The molecule has 0 bridgehead atoms. The maximum Gasteiger partial charge on any atom is 0.0634 e. The van der Waals surface area contributed by atoms with Crippen LogP contribution in [-0.4, -0.2) is 9.13 Å². The monoisotopic (exact) mass is 742 g/mol. The maximum absolute atomic E-state index is 2.50. The predicted molar refractivity (Wildman–Crippen MR) is 244 cm³/mol. The van der Waals surface area contributed by atoms with Crippen molar-refractivity contribution in [1.82, 2.24) is 9.13 Å². The number of benzene rings is 9. The van der Waals surface area contributed by atoms with Gasteiger partial charge in [0.05, 0.1) is 22.1 Å². The second-order valence-corrected chi connectivity index (χ2v) is 15.9. The standard InChI is InChI=1S/C54H34N2S/c1-3-14-35(15-4-1)37-26-29-40(30-27-37)55-48-23-10-7-20-42(48)46-33-39(28-31-50(46)55)45-34-47-43-21-8-11-24-49(43)56(41-19-13-18-38(32-41)36-16-5-2-6-17-36)53(47)52-44-22-9-12-25-51(44)57-54(45)52/h1-34H. The second kappa shape index (κ2) is 12.7. The van der Waals surface area contributed by atoms with E-state index in [1.54, 1.807) is 0 Å². The summed E-state index contributed by atoms with van der Waals surface area (Å²) in [6.07, 6.45) is 0. The zero-order chi connectivity index (χ0) is 37.5. The molecule has 12 rings (SSSR count). The van der Waals surface area contributed by atoms with E-state index in [-0.39, 0.29) is 0 Å². The Labute approximate surface area is 333 Å². The van der Waals surface area contributed by atoms with Crippen molar-refractivity contribution in [3.8, 4) is 44.8 Å². The van der Waals surface area contributed by atoms with Crippen LogP contribution in [0.4, 0.5) is 0 Å². The molecule has 9 aromatic carbocycles. The normalized spacial score (nSPS) is 11.9. The van der Waals surface area contributed by atoms with Crippen LogP contribution in [-0.2, 0) is 0 Å². The van der Waals surface area contributed by atoms with Crippen molar-refractivity contribution in [3.05, 3.63) is 206 Å². The molecule has 0 unspecified atom stereocenters. The minimum Gasteiger partial charge on any atom is -0.309 e. The van der Waals surface area contributed by atoms with E-state index < -0.39 is 0 Å². The molecule has 2 nitrogen and oxygen atoms in total. The number of thiophene rings is 1. The van der Waals surface area contributed by atoms with Gasteiger partial charge >= 0.3 is 0 Å². The summed E-state index contributed by atoms with van der Waals surface area (Å²) in [5.41, 5.74) is 14.6. The SMILES string of the molecule is c1ccc(-c2ccc(-n3c4ccccc4c4cc(-c5cc6c7ccccc7n(-c7cccc(-c8ccccc8)c7)c6c6c5sc5ccccc56)ccc43)cc2)cc1. The second-order valence-electron chi connectivity index (χ2n) is 14.9. The van der Waals surface area contributed by atoms with Crippen molar-refractivity contribution in [3.63, 3.8) is 0 Å². The highest BCUT2D eigenvalue weighted by atomic mass is 32.1. The fourth-order valence-electron chi connectivity index (χ4n) is 9.13. The number of fused-ring (bicyclic) bond motifs is 10. The number of rotatable bonds is 5. The van der Waals surface area contributed by atoms with Gasteiger partial charge < -0.3 is 9.13 Å². The molecule has 3 heteroatoms. The molecule has 0 radical (unpaired) electrons. The summed E-state index contributed by atoms with van der Waals surface area (Å²) in [4.78, 5) is 0. The van der Waals surface area contributed by atoms with Gasteiger partial charge in [0.25, 0.3) is 0 Å². The lowest BCUT2D eigenvalue weighted by Gasteiger charge is -2.13. The average Bonchev–Trinajstić information content (AvgIpc) is 3.94. The Hall–Kier alpha value is -7.20. The van der Waals surface area contributed by atoms with Crippen molar-refractivity contribution in [2.24, 2.45) is 0 Å². The number of nitrogens with zero attached hydrogens (tertiary/aromatic N) is 2. The molecule has 12 aromatic rings. The van der Waals surface area contributed by atoms with Gasteiger partial charge in [-0.05, 0) is 88.5 Å². The number of para-hydroxylation sites is 2. The predicted octanol–water partition coefficient (Wildman–Crippen LogP) is 15.2. The van der Waals surface area contributed by atoms with Crippen molar-refractivity contribution in [1.29, 1.82) is 0 Å². The van der Waals surface area contributed by atoms with Crippen LogP contribution in [0.25, 0.3) is 109 Å². The first-order chi connectivity index (χ1) is 28.3.